The summed E-state index contributed by atoms with van der Waals surface area (Å²) in [5.41, 5.74) is -0.195. The lowest BCUT2D eigenvalue weighted by atomic mass is 10.2. The summed E-state index contributed by atoms with van der Waals surface area (Å²) < 4.78 is 5.39. The summed E-state index contributed by atoms with van der Waals surface area (Å²) in [5.74, 6) is 0.869. The first-order chi connectivity index (χ1) is 9.01. The highest BCUT2D eigenvalue weighted by Crippen LogP contribution is 2.33. The lowest BCUT2D eigenvalue weighted by molar-refractivity contribution is -0.385. The van der Waals surface area contributed by atoms with Gasteiger partial charge in [-0.15, -0.1) is 0 Å². The lowest BCUT2D eigenvalue weighted by Gasteiger charge is -2.12. The largest absolute Gasteiger partial charge is 0.473 e. The van der Waals surface area contributed by atoms with E-state index in [9.17, 15) is 10.1 Å². The number of ether oxygens (including phenoxy) is 1. The Labute approximate surface area is 112 Å². The second kappa shape index (κ2) is 6.86. The molecule has 7 heteroatoms. The first kappa shape index (κ1) is 15.1. The van der Waals surface area contributed by atoms with Crippen molar-refractivity contribution in [3.63, 3.8) is 0 Å². The Hall–Kier alpha value is -1.92. The molecule has 106 valence electrons. The molecule has 0 saturated carbocycles. The average Bonchev–Trinajstić information content (AvgIpc) is 2.35. The van der Waals surface area contributed by atoms with Crippen molar-refractivity contribution in [2.24, 2.45) is 0 Å². The van der Waals surface area contributed by atoms with Crippen LogP contribution in [0.2, 0.25) is 0 Å². The highest BCUT2D eigenvalue weighted by atomic mass is 16.6. The fraction of sp³-hybridized carbons (Fsp3) is 0.667. The molecule has 0 aromatic carbocycles. The van der Waals surface area contributed by atoms with Crippen LogP contribution in [0.25, 0.3) is 0 Å². The minimum absolute atomic E-state index is 0.0431. The average molecular weight is 268 g/mol. The van der Waals surface area contributed by atoms with Gasteiger partial charge in [0.05, 0.1) is 11.5 Å². The van der Waals surface area contributed by atoms with Crippen LogP contribution in [0, 0.1) is 10.1 Å². The van der Waals surface area contributed by atoms with Crippen molar-refractivity contribution in [3.05, 3.63) is 15.9 Å². The molecule has 0 bridgehead atoms. The first-order valence-electron chi connectivity index (χ1n) is 6.44. The molecule has 0 aliphatic heterocycles. The molecule has 0 atom stereocenters. The van der Waals surface area contributed by atoms with E-state index >= 15 is 0 Å². The van der Waals surface area contributed by atoms with Gasteiger partial charge in [-0.3, -0.25) is 10.1 Å². The molecule has 0 saturated heterocycles. The molecular weight excluding hydrogens is 248 g/mol. The highest BCUT2D eigenvalue weighted by molar-refractivity contribution is 5.61. The van der Waals surface area contributed by atoms with Crippen LogP contribution in [0.15, 0.2) is 0 Å². The summed E-state index contributed by atoms with van der Waals surface area (Å²) in [7, 11) is 0. The van der Waals surface area contributed by atoms with E-state index in [-0.39, 0.29) is 23.3 Å². The standard InChI is InChI=1S/C12H20N4O3/c1-5-7-19-12-9(16(17)18)11(13-6-2)14-10(15-12)8(3)4/h8H,5-7H2,1-4H3,(H,13,14,15). The molecule has 1 heterocycles. The number of rotatable bonds is 7. The van der Waals surface area contributed by atoms with Gasteiger partial charge < -0.3 is 10.1 Å². The van der Waals surface area contributed by atoms with E-state index in [1.165, 1.54) is 0 Å². The highest BCUT2D eigenvalue weighted by Gasteiger charge is 2.26. The maximum absolute atomic E-state index is 11.2. The molecule has 1 aromatic heterocycles. The van der Waals surface area contributed by atoms with Gasteiger partial charge >= 0.3 is 5.69 Å². The number of nitrogens with one attached hydrogen (secondary N) is 1. The third-order valence-corrected chi connectivity index (χ3v) is 2.36. The van der Waals surface area contributed by atoms with Crippen molar-refractivity contribution in [3.8, 4) is 5.88 Å². The zero-order valence-corrected chi connectivity index (χ0v) is 11.8. The van der Waals surface area contributed by atoms with Crippen molar-refractivity contribution in [1.29, 1.82) is 0 Å². The number of nitro groups is 1. The molecule has 1 aromatic rings. The third-order valence-electron chi connectivity index (χ3n) is 2.36. The van der Waals surface area contributed by atoms with E-state index < -0.39 is 4.92 Å². The van der Waals surface area contributed by atoms with E-state index in [1.807, 2.05) is 27.7 Å². The van der Waals surface area contributed by atoms with E-state index in [1.54, 1.807) is 0 Å². The zero-order chi connectivity index (χ0) is 14.4. The molecular formula is C12H20N4O3. The molecule has 1 rings (SSSR count). The van der Waals surface area contributed by atoms with E-state index in [0.29, 0.717) is 19.0 Å². The second-order valence-corrected chi connectivity index (χ2v) is 4.37. The van der Waals surface area contributed by atoms with Crippen LogP contribution in [-0.2, 0) is 0 Å². The van der Waals surface area contributed by atoms with Gasteiger partial charge in [0.25, 0.3) is 5.88 Å². The molecule has 0 amide bonds. The van der Waals surface area contributed by atoms with Gasteiger partial charge in [-0.1, -0.05) is 20.8 Å². The van der Waals surface area contributed by atoms with Crippen LogP contribution in [0.5, 0.6) is 5.88 Å². The minimum atomic E-state index is -0.507. The molecule has 0 radical (unpaired) electrons. The van der Waals surface area contributed by atoms with E-state index in [0.717, 1.165) is 6.42 Å². The van der Waals surface area contributed by atoms with Gasteiger partial charge in [-0.25, -0.2) is 4.98 Å². The summed E-state index contributed by atoms with van der Waals surface area (Å²) in [6, 6.07) is 0. The van der Waals surface area contributed by atoms with Gasteiger partial charge in [0.15, 0.2) is 0 Å². The fourth-order valence-corrected chi connectivity index (χ4v) is 1.46. The van der Waals surface area contributed by atoms with Crippen LogP contribution in [-0.4, -0.2) is 28.0 Å². The Morgan fingerprint density at radius 3 is 2.53 bits per heavy atom. The normalized spacial score (nSPS) is 10.6. The van der Waals surface area contributed by atoms with Crippen LogP contribution < -0.4 is 10.1 Å². The van der Waals surface area contributed by atoms with Crippen LogP contribution >= 0.6 is 0 Å². The van der Waals surface area contributed by atoms with E-state index in [2.05, 4.69) is 15.3 Å². The monoisotopic (exact) mass is 268 g/mol. The van der Waals surface area contributed by atoms with E-state index in [4.69, 9.17) is 4.74 Å². The van der Waals surface area contributed by atoms with Crippen LogP contribution in [0.4, 0.5) is 11.5 Å². The van der Waals surface area contributed by atoms with Gasteiger partial charge in [-0.05, 0) is 13.3 Å². The topological polar surface area (TPSA) is 90.2 Å². The lowest BCUT2D eigenvalue weighted by Crippen LogP contribution is -2.11. The van der Waals surface area contributed by atoms with Gasteiger partial charge in [-0.2, -0.15) is 4.98 Å². The maximum Gasteiger partial charge on any atom is 0.372 e. The Morgan fingerprint density at radius 2 is 2.05 bits per heavy atom. The van der Waals surface area contributed by atoms with Crippen molar-refractivity contribution in [2.45, 2.75) is 40.0 Å². The maximum atomic E-state index is 11.2. The summed E-state index contributed by atoms with van der Waals surface area (Å²) >= 11 is 0. The van der Waals surface area contributed by atoms with Crippen LogP contribution in [0.1, 0.15) is 45.9 Å². The van der Waals surface area contributed by atoms with Crippen molar-refractivity contribution in [1.82, 2.24) is 9.97 Å². The van der Waals surface area contributed by atoms with Crippen molar-refractivity contribution < 1.29 is 9.66 Å². The molecule has 19 heavy (non-hydrogen) atoms. The zero-order valence-electron chi connectivity index (χ0n) is 11.8. The van der Waals surface area contributed by atoms with Gasteiger partial charge in [0.2, 0.25) is 5.82 Å². The minimum Gasteiger partial charge on any atom is -0.473 e. The quantitative estimate of drug-likeness (QED) is 0.604. The number of hydrogen-bond donors (Lipinski definition) is 1. The second-order valence-electron chi connectivity index (χ2n) is 4.37. The Bertz CT molecular complexity index is 449. The summed E-state index contributed by atoms with van der Waals surface area (Å²) in [4.78, 5) is 19.0. The van der Waals surface area contributed by atoms with Crippen molar-refractivity contribution >= 4 is 11.5 Å². The Kier molecular flexibility index (Phi) is 5.47. The van der Waals surface area contributed by atoms with Gasteiger partial charge in [0, 0.05) is 12.5 Å². The smallest absolute Gasteiger partial charge is 0.372 e. The summed E-state index contributed by atoms with van der Waals surface area (Å²) in [6.45, 7) is 8.58. The summed E-state index contributed by atoms with van der Waals surface area (Å²) in [5, 5.41) is 14.1. The predicted octanol–water partition coefficient (Wildman–Crippen LogP) is 2.73. The third kappa shape index (κ3) is 3.77. The number of aromatic nitrogens is 2. The molecule has 0 fully saturated rings. The summed E-state index contributed by atoms with van der Waals surface area (Å²) in [6.07, 6.45) is 0.759. The molecule has 0 spiro atoms. The predicted molar refractivity (Wildman–Crippen MR) is 72.7 cm³/mol. The van der Waals surface area contributed by atoms with Crippen molar-refractivity contribution in [2.75, 3.05) is 18.5 Å². The fourth-order valence-electron chi connectivity index (χ4n) is 1.46. The molecule has 0 aliphatic carbocycles. The number of nitrogens with zero attached hydrogens (tertiary/aromatic N) is 3. The molecule has 0 unspecified atom stereocenters. The Balaban J connectivity index is 3.32. The SMILES string of the molecule is CCCOc1nc(C(C)C)nc(NCC)c1[N+](=O)[O-]. The molecule has 0 aliphatic rings. The first-order valence-corrected chi connectivity index (χ1v) is 6.44. The van der Waals surface area contributed by atoms with Gasteiger partial charge in [0.1, 0.15) is 5.82 Å². The molecule has 7 nitrogen and oxygen atoms in total. The van der Waals surface area contributed by atoms with Crippen LogP contribution in [0.3, 0.4) is 0 Å². The number of hydrogen-bond acceptors (Lipinski definition) is 6. The Morgan fingerprint density at radius 1 is 1.37 bits per heavy atom. The molecule has 1 N–H and O–H groups in total. The number of anilines is 1.